The third-order valence-electron chi connectivity index (χ3n) is 8.01. The summed E-state index contributed by atoms with van der Waals surface area (Å²) in [6.07, 6.45) is -4.56. The third kappa shape index (κ3) is 5.43. The smallest absolute Gasteiger partial charge is 0.417 e. The number of ether oxygens (including phenoxy) is 4. The molecule has 1 aliphatic rings. The first-order valence-corrected chi connectivity index (χ1v) is 13.7. The summed E-state index contributed by atoms with van der Waals surface area (Å²) in [6, 6.07) is 15.0. The molecule has 8 nitrogen and oxygen atoms in total. The van der Waals surface area contributed by atoms with E-state index in [0.717, 1.165) is 12.5 Å². The molecule has 0 bridgehead atoms. The molecule has 3 heterocycles. The molecule has 43 heavy (non-hydrogen) atoms. The van der Waals surface area contributed by atoms with Crippen molar-refractivity contribution in [1.29, 1.82) is 0 Å². The summed E-state index contributed by atoms with van der Waals surface area (Å²) < 4.78 is 66.6. The van der Waals surface area contributed by atoms with Crippen LogP contribution in [0.1, 0.15) is 53.2 Å². The van der Waals surface area contributed by atoms with Gasteiger partial charge in [0, 0.05) is 29.7 Å². The predicted molar refractivity (Wildman–Crippen MR) is 154 cm³/mol. The zero-order valence-electron chi connectivity index (χ0n) is 23.7. The van der Waals surface area contributed by atoms with E-state index in [4.69, 9.17) is 36.3 Å². The van der Waals surface area contributed by atoms with E-state index in [1.807, 2.05) is 0 Å². The number of alkyl halides is 3. The molecule has 2 aromatic heterocycles. The lowest BCUT2D eigenvalue weighted by Crippen LogP contribution is -2.46. The summed E-state index contributed by atoms with van der Waals surface area (Å²) >= 11 is 6.40. The van der Waals surface area contributed by atoms with Crippen molar-refractivity contribution in [3.8, 4) is 17.2 Å². The molecular weight excluding hydrogens is 587 g/mol. The Hall–Kier alpha value is -4.09. The van der Waals surface area contributed by atoms with Crippen LogP contribution >= 0.6 is 11.6 Å². The molecule has 5 rings (SSSR count). The van der Waals surface area contributed by atoms with Crippen molar-refractivity contribution < 1.29 is 36.9 Å². The number of hydrogen-bond acceptors (Lipinski definition) is 7. The van der Waals surface area contributed by atoms with Gasteiger partial charge in [0.05, 0.1) is 35.8 Å². The van der Waals surface area contributed by atoms with Crippen molar-refractivity contribution in [2.24, 2.45) is 11.7 Å². The molecule has 12 heteroatoms. The van der Waals surface area contributed by atoms with Crippen LogP contribution in [0.3, 0.4) is 0 Å². The number of benzene rings is 2. The number of nitrogens with two attached hydrogens (primary N) is 1. The van der Waals surface area contributed by atoms with Crippen molar-refractivity contribution >= 4 is 28.4 Å². The first-order valence-electron chi connectivity index (χ1n) is 13.3. The topological polar surface area (TPSA) is 106 Å². The molecule has 0 radical (unpaired) electrons. The Kier molecular flexibility index (Phi) is 8.15. The van der Waals surface area contributed by atoms with E-state index in [1.165, 1.54) is 32.4 Å². The molecule has 1 amide bonds. The summed E-state index contributed by atoms with van der Waals surface area (Å²) in [4.78, 5) is 21.1. The van der Waals surface area contributed by atoms with E-state index >= 15 is 0 Å². The van der Waals surface area contributed by atoms with Gasteiger partial charge in [-0.25, -0.2) is 4.98 Å². The van der Waals surface area contributed by atoms with Gasteiger partial charge in [-0.2, -0.15) is 13.2 Å². The minimum absolute atomic E-state index is 0.0589. The Morgan fingerprint density at radius 2 is 1.84 bits per heavy atom. The molecule has 1 fully saturated rings. The molecule has 4 aromatic rings. The zero-order chi connectivity index (χ0) is 31.1. The first-order chi connectivity index (χ1) is 20.4. The number of aromatic nitrogens is 2. The average Bonchev–Trinajstić information content (AvgIpc) is 3.26. The summed E-state index contributed by atoms with van der Waals surface area (Å²) in [5.41, 5.74) is 4.62. The fourth-order valence-electron chi connectivity index (χ4n) is 5.55. The van der Waals surface area contributed by atoms with Gasteiger partial charge in [0.15, 0.2) is 5.60 Å². The van der Waals surface area contributed by atoms with Gasteiger partial charge >= 0.3 is 6.18 Å². The number of para-hydroxylation sites is 1. The monoisotopic (exact) mass is 615 g/mol. The molecule has 1 aliphatic heterocycles. The maximum atomic E-state index is 14.6. The highest BCUT2D eigenvalue weighted by Gasteiger charge is 2.65. The van der Waals surface area contributed by atoms with E-state index < -0.39 is 35.6 Å². The van der Waals surface area contributed by atoms with Crippen molar-refractivity contribution in [2.75, 3.05) is 14.2 Å². The Labute approximate surface area is 250 Å². The van der Waals surface area contributed by atoms with Gasteiger partial charge in [-0.1, -0.05) is 42.8 Å². The highest BCUT2D eigenvalue weighted by molar-refractivity contribution is 6.32. The van der Waals surface area contributed by atoms with Gasteiger partial charge in [0.25, 0.3) is 5.91 Å². The van der Waals surface area contributed by atoms with Crippen LogP contribution in [0, 0.1) is 5.92 Å². The molecule has 0 spiro atoms. The van der Waals surface area contributed by atoms with Crippen molar-refractivity contribution in [1.82, 2.24) is 9.97 Å². The number of hydrogen-bond donors (Lipinski definition) is 1. The lowest BCUT2D eigenvalue weighted by Gasteiger charge is -2.32. The van der Waals surface area contributed by atoms with Crippen molar-refractivity contribution in [3.63, 3.8) is 0 Å². The number of amides is 1. The molecule has 0 saturated carbocycles. The van der Waals surface area contributed by atoms with E-state index in [1.54, 1.807) is 49.6 Å². The first kappa shape index (κ1) is 30.4. The quantitative estimate of drug-likeness (QED) is 0.233. The second-order valence-corrected chi connectivity index (χ2v) is 10.8. The highest BCUT2D eigenvalue weighted by atomic mass is 35.5. The van der Waals surface area contributed by atoms with E-state index in [-0.39, 0.29) is 45.4 Å². The van der Waals surface area contributed by atoms with E-state index in [9.17, 15) is 18.0 Å². The van der Waals surface area contributed by atoms with Gasteiger partial charge < -0.3 is 24.7 Å². The van der Waals surface area contributed by atoms with Gasteiger partial charge in [-0.05, 0) is 36.8 Å². The molecule has 2 N–H and O–H groups in total. The number of carbonyl (C=O) groups is 1. The second kappa shape index (κ2) is 11.5. The molecule has 2 aromatic carbocycles. The molecule has 226 valence electrons. The molecule has 4 atom stereocenters. The van der Waals surface area contributed by atoms with Gasteiger partial charge in [0.2, 0.25) is 0 Å². The Morgan fingerprint density at radius 3 is 2.47 bits per heavy atom. The van der Waals surface area contributed by atoms with E-state index in [2.05, 4.69) is 9.97 Å². The number of fused-ring (bicyclic) bond motifs is 1. The molecule has 0 aliphatic carbocycles. The minimum atomic E-state index is -4.71. The Bertz CT molecular complexity index is 1670. The van der Waals surface area contributed by atoms with Crippen LogP contribution in [-0.2, 0) is 11.3 Å². The number of halogens is 4. The van der Waals surface area contributed by atoms with Crippen molar-refractivity contribution in [2.45, 2.75) is 44.3 Å². The second-order valence-electron chi connectivity index (χ2n) is 10.4. The van der Waals surface area contributed by atoms with Gasteiger partial charge in [0.1, 0.15) is 35.7 Å². The fraction of sp³-hybridized carbons (Fsp3) is 0.323. The maximum Gasteiger partial charge on any atom is 0.417 e. The average molecular weight is 616 g/mol. The highest BCUT2D eigenvalue weighted by Crippen LogP contribution is 2.60. The normalized spacial score (nSPS) is 22.0. The maximum absolute atomic E-state index is 14.6. The SMILES string of the molecule is COc1ccc(COc2cc([C@@H]3O[C@@](C)(C(F)(F)F)[C@@H](C)[C@H]3c3cccc(Cl)c3OC)nc3ccnc(C(N)=O)c23)cc1. The number of methoxy groups -OCH3 is 2. The number of rotatable bonds is 8. The fourth-order valence-corrected chi connectivity index (χ4v) is 5.81. The third-order valence-corrected chi connectivity index (χ3v) is 8.31. The van der Waals surface area contributed by atoms with E-state index in [0.29, 0.717) is 11.3 Å². The molecule has 0 unspecified atom stereocenters. The predicted octanol–water partition coefficient (Wildman–Crippen LogP) is 6.79. The summed E-state index contributed by atoms with van der Waals surface area (Å²) in [5, 5.41) is 0.479. The van der Waals surface area contributed by atoms with Gasteiger partial charge in [-0.3, -0.25) is 9.78 Å². The lowest BCUT2D eigenvalue weighted by molar-refractivity contribution is -0.275. The molecule has 1 saturated heterocycles. The van der Waals surface area contributed by atoms with Crippen LogP contribution < -0.4 is 19.9 Å². The van der Waals surface area contributed by atoms with Crippen LogP contribution in [0.15, 0.2) is 60.8 Å². The van der Waals surface area contributed by atoms with Crippen molar-refractivity contribution in [3.05, 3.63) is 88.3 Å². The Morgan fingerprint density at radius 1 is 1.12 bits per heavy atom. The number of pyridine rings is 2. The van der Waals surface area contributed by atoms with Crippen LogP contribution in [-0.4, -0.2) is 41.9 Å². The van der Waals surface area contributed by atoms with Crippen LogP contribution in [0.2, 0.25) is 5.02 Å². The Balaban J connectivity index is 1.68. The lowest BCUT2D eigenvalue weighted by atomic mass is 9.76. The number of nitrogens with zero attached hydrogens (tertiary/aromatic N) is 2. The summed E-state index contributed by atoms with van der Waals surface area (Å²) in [5.74, 6) is -1.71. The summed E-state index contributed by atoms with van der Waals surface area (Å²) in [7, 11) is 2.96. The van der Waals surface area contributed by atoms with Crippen LogP contribution in [0.25, 0.3) is 10.9 Å². The van der Waals surface area contributed by atoms with Crippen LogP contribution in [0.5, 0.6) is 17.2 Å². The molecular formula is C31H29ClF3N3O5. The largest absolute Gasteiger partial charge is 0.497 e. The van der Waals surface area contributed by atoms with Crippen LogP contribution in [0.4, 0.5) is 13.2 Å². The zero-order valence-corrected chi connectivity index (χ0v) is 24.5. The summed E-state index contributed by atoms with van der Waals surface area (Å²) in [6.45, 7) is 2.57. The van der Waals surface area contributed by atoms with Gasteiger partial charge in [-0.15, -0.1) is 0 Å². The minimum Gasteiger partial charge on any atom is -0.497 e. The standard InChI is InChI=1S/C31H29ClF3N3O5/c1-16-24(19-6-5-7-20(32)27(19)41-4)28(43-30(16,2)31(33,34)35)22-14-23(42-15-17-8-10-18(40-3)11-9-17)25-21(38-22)12-13-37-26(25)29(36)39/h5-14,16,24,28H,15H2,1-4H3,(H2,36,39)/t16-,24-,28-,30+/m0/s1. The number of carbonyl (C=O) groups excluding carboxylic acids is 1. The number of primary amides is 1.